The van der Waals surface area contributed by atoms with Gasteiger partial charge in [-0.05, 0) is 41.5 Å². The van der Waals surface area contributed by atoms with Crippen molar-refractivity contribution in [2.45, 2.75) is 19.0 Å². The first-order valence-electron chi connectivity index (χ1n) is 10.2. The van der Waals surface area contributed by atoms with Crippen molar-refractivity contribution in [2.75, 3.05) is 13.7 Å². The van der Waals surface area contributed by atoms with Crippen LogP contribution in [0.4, 0.5) is 0 Å². The van der Waals surface area contributed by atoms with Crippen LogP contribution in [0.15, 0.2) is 72.8 Å². The van der Waals surface area contributed by atoms with E-state index in [2.05, 4.69) is 5.32 Å². The van der Waals surface area contributed by atoms with E-state index >= 15 is 0 Å². The highest BCUT2D eigenvalue weighted by atomic mass is 35.5. The molecule has 5 nitrogen and oxygen atoms in total. The molecule has 0 aliphatic heterocycles. The Hall–Kier alpha value is -2.73. The Bertz CT molecular complexity index is 1110. The molecule has 0 heterocycles. The molecule has 0 saturated heterocycles. The third-order valence-electron chi connectivity index (χ3n) is 5.00. The molecule has 3 aromatic carbocycles. The van der Waals surface area contributed by atoms with E-state index in [4.69, 9.17) is 39.5 Å². The molecule has 0 aliphatic rings. The summed E-state index contributed by atoms with van der Waals surface area (Å²) in [5.74, 6) is -0.319. The van der Waals surface area contributed by atoms with Gasteiger partial charge in [-0.2, -0.15) is 0 Å². The second kappa shape index (κ2) is 11.9. The summed E-state index contributed by atoms with van der Waals surface area (Å²) in [5, 5.41) is 3.97. The van der Waals surface area contributed by atoms with Crippen LogP contribution in [0.1, 0.15) is 11.1 Å². The lowest BCUT2D eigenvalue weighted by atomic mass is 10.0. The molecule has 0 bridgehead atoms. The van der Waals surface area contributed by atoms with E-state index in [0.717, 1.165) is 11.1 Å². The summed E-state index contributed by atoms with van der Waals surface area (Å²) >= 11 is 18.2. The molecule has 0 aliphatic carbocycles. The summed E-state index contributed by atoms with van der Waals surface area (Å²) in [4.78, 5) is 27.7. The van der Waals surface area contributed by atoms with Crippen molar-refractivity contribution < 1.29 is 14.3 Å². The average molecular weight is 506 g/mol. The molecule has 1 N–H and O–H groups in total. The highest BCUT2D eigenvalue weighted by molar-refractivity contribution is 6.35. The zero-order valence-electron chi connectivity index (χ0n) is 17.9. The molecular weight excluding hydrogens is 483 g/mol. The zero-order valence-corrected chi connectivity index (χ0v) is 20.2. The predicted molar refractivity (Wildman–Crippen MR) is 132 cm³/mol. The lowest BCUT2D eigenvalue weighted by Gasteiger charge is -2.31. The van der Waals surface area contributed by atoms with Crippen LogP contribution in [0.3, 0.4) is 0 Å². The number of carbonyl (C=O) groups excluding carboxylic acids is 2. The smallest absolute Gasteiger partial charge is 0.261 e. The number of nitrogens with one attached hydrogen (secondary N) is 1. The summed E-state index contributed by atoms with van der Waals surface area (Å²) in [5.41, 5.74) is 1.72. The van der Waals surface area contributed by atoms with E-state index in [0.29, 0.717) is 27.2 Å². The van der Waals surface area contributed by atoms with E-state index in [-0.39, 0.29) is 25.0 Å². The van der Waals surface area contributed by atoms with Gasteiger partial charge in [0.25, 0.3) is 5.91 Å². The molecule has 0 aromatic heterocycles. The molecule has 0 unspecified atom stereocenters. The minimum atomic E-state index is -0.756. The van der Waals surface area contributed by atoms with Crippen LogP contribution in [0, 0.1) is 0 Å². The maximum Gasteiger partial charge on any atom is 0.261 e. The Morgan fingerprint density at radius 2 is 1.61 bits per heavy atom. The molecule has 3 aromatic rings. The minimum absolute atomic E-state index is 0.183. The predicted octanol–water partition coefficient (Wildman–Crippen LogP) is 5.41. The minimum Gasteiger partial charge on any atom is -0.482 e. The van der Waals surface area contributed by atoms with Crippen molar-refractivity contribution >= 4 is 46.6 Å². The van der Waals surface area contributed by atoms with Crippen LogP contribution in [-0.2, 0) is 22.6 Å². The van der Waals surface area contributed by atoms with Gasteiger partial charge in [0.15, 0.2) is 6.61 Å². The van der Waals surface area contributed by atoms with Gasteiger partial charge in [0.1, 0.15) is 11.8 Å². The van der Waals surface area contributed by atoms with Gasteiger partial charge in [-0.1, -0.05) is 77.3 Å². The number of benzene rings is 3. The largest absolute Gasteiger partial charge is 0.482 e. The topological polar surface area (TPSA) is 58.6 Å². The number of halogens is 3. The number of carbonyl (C=O) groups is 2. The van der Waals surface area contributed by atoms with Crippen LogP contribution in [0.5, 0.6) is 5.75 Å². The SMILES string of the molecule is CNC(=O)[C@H](Cc1ccccc1)N(Cc1cccc(Cl)c1)C(=O)COc1ccc(Cl)cc1Cl. The Morgan fingerprint density at radius 1 is 0.909 bits per heavy atom. The lowest BCUT2D eigenvalue weighted by molar-refractivity contribution is -0.142. The van der Waals surface area contributed by atoms with Crippen molar-refractivity contribution in [1.82, 2.24) is 10.2 Å². The summed E-state index contributed by atoms with van der Waals surface area (Å²) in [6.07, 6.45) is 0.342. The van der Waals surface area contributed by atoms with Crippen LogP contribution in [0.2, 0.25) is 15.1 Å². The van der Waals surface area contributed by atoms with Crippen molar-refractivity contribution in [2.24, 2.45) is 0 Å². The second-order valence-corrected chi connectivity index (χ2v) is 8.61. The fourth-order valence-electron chi connectivity index (χ4n) is 3.37. The molecule has 0 saturated carbocycles. The van der Waals surface area contributed by atoms with Crippen molar-refractivity contribution in [3.05, 3.63) is 99.0 Å². The van der Waals surface area contributed by atoms with Crippen LogP contribution < -0.4 is 10.1 Å². The average Bonchev–Trinajstić information content (AvgIpc) is 2.81. The number of rotatable bonds is 9. The Morgan fingerprint density at radius 3 is 2.27 bits per heavy atom. The van der Waals surface area contributed by atoms with Crippen LogP contribution >= 0.6 is 34.8 Å². The zero-order chi connectivity index (χ0) is 23.8. The lowest BCUT2D eigenvalue weighted by Crippen LogP contribution is -2.51. The number of ether oxygens (including phenoxy) is 1. The second-order valence-electron chi connectivity index (χ2n) is 7.33. The van der Waals surface area contributed by atoms with Gasteiger partial charge in [-0.15, -0.1) is 0 Å². The highest BCUT2D eigenvalue weighted by Crippen LogP contribution is 2.27. The monoisotopic (exact) mass is 504 g/mol. The standard InChI is InChI=1S/C25H23Cl3N2O3/c1-29-25(32)22(13-17-6-3-2-4-7-17)30(15-18-8-5-9-19(26)12-18)24(31)16-33-23-11-10-20(27)14-21(23)28/h2-12,14,22H,13,15-16H2,1H3,(H,29,32)/t22-/m0/s1. The molecule has 172 valence electrons. The molecule has 33 heavy (non-hydrogen) atoms. The van der Waals surface area contributed by atoms with Gasteiger partial charge in [-0.3, -0.25) is 9.59 Å². The summed E-state index contributed by atoms with van der Waals surface area (Å²) in [6, 6.07) is 20.7. The first-order valence-corrected chi connectivity index (χ1v) is 11.4. The number of likely N-dealkylation sites (N-methyl/N-ethyl adjacent to an activating group) is 1. The molecule has 1 atom stereocenters. The van der Waals surface area contributed by atoms with Gasteiger partial charge in [0, 0.05) is 30.1 Å². The fourth-order valence-corrected chi connectivity index (χ4v) is 4.04. The van der Waals surface area contributed by atoms with Gasteiger partial charge in [-0.25, -0.2) is 0 Å². The van der Waals surface area contributed by atoms with Gasteiger partial charge in [0.05, 0.1) is 5.02 Å². The Kier molecular flexibility index (Phi) is 9.01. The summed E-state index contributed by atoms with van der Waals surface area (Å²) in [7, 11) is 1.55. The quantitative estimate of drug-likeness (QED) is 0.423. The van der Waals surface area contributed by atoms with Gasteiger partial charge < -0.3 is 15.0 Å². The van der Waals surface area contributed by atoms with E-state index in [1.54, 1.807) is 37.4 Å². The van der Waals surface area contributed by atoms with Crippen LogP contribution in [0.25, 0.3) is 0 Å². The van der Waals surface area contributed by atoms with E-state index in [1.165, 1.54) is 11.0 Å². The van der Waals surface area contributed by atoms with Crippen molar-refractivity contribution in [3.8, 4) is 5.75 Å². The van der Waals surface area contributed by atoms with Gasteiger partial charge in [0.2, 0.25) is 5.91 Å². The molecule has 3 rings (SSSR count). The first-order chi connectivity index (χ1) is 15.9. The first kappa shape index (κ1) is 24.9. The molecule has 0 radical (unpaired) electrons. The van der Waals surface area contributed by atoms with Crippen molar-refractivity contribution in [1.29, 1.82) is 0 Å². The summed E-state index contributed by atoms with van der Waals surface area (Å²) < 4.78 is 5.67. The summed E-state index contributed by atoms with van der Waals surface area (Å²) in [6.45, 7) is -0.119. The van der Waals surface area contributed by atoms with Crippen LogP contribution in [-0.4, -0.2) is 36.4 Å². The van der Waals surface area contributed by atoms with E-state index in [9.17, 15) is 9.59 Å². The number of nitrogens with zero attached hydrogens (tertiary/aromatic N) is 1. The Labute approximate surface area is 208 Å². The maximum atomic E-state index is 13.4. The molecule has 2 amide bonds. The number of hydrogen-bond acceptors (Lipinski definition) is 3. The Balaban J connectivity index is 1.88. The molecule has 0 spiro atoms. The normalized spacial score (nSPS) is 11.5. The molecule has 0 fully saturated rings. The maximum absolute atomic E-state index is 13.4. The number of hydrogen-bond donors (Lipinski definition) is 1. The van der Waals surface area contributed by atoms with E-state index < -0.39 is 6.04 Å². The van der Waals surface area contributed by atoms with Gasteiger partial charge >= 0.3 is 0 Å². The van der Waals surface area contributed by atoms with E-state index in [1.807, 2.05) is 36.4 Å². The highest BCUT2D eigenvalue weighted by Gasteiger charge is 2.30. The molecular formula is C25H23Cl3N2O3. The fraction of sp³-hybridized carbons (Fsp3) is 0.200. The number of amides is 2. The third-order valence-corrected chi connectivity index (χ3v) is 5.77. The molecule has 8 heteroatoms. The van der Waals surface area contributed by atoms with Crippen molar-refractivity contribution in [3.63, 3.8) is 0 Å². The third kappa shape index (κ3) is 7.13.